The third kappa shape index (κ3) is 5.28. The number of nitriles is 1. The van der Waals surface area contributed by atoms with Crippen LogP contribution in [-0.2, 0) is 22.4 Å². The Bertz CT molecular complexity index is 1750. The molecule has 0 spiro atoms. The van der Waals surface area contributed by atoms with Gasteiger partial charge in [0.25, 0.3) is 5.56 Å². The Hall–Kier alpha value is -4.09. The largest absolute Gasteiger partial charge is 0.374 e. The standard InChI is InChI=1S/C36H41N5O3/c1-4-10-33-31(21-27-13-8-14-30(32(27)22-37)26-11-6-5-7-12-26)34(43)40(35-38-23-39-41(33)35)28-15-17-29(18-16-28)44-25(3)36(24(2)42)19-9-20-36/h5-8,11-14,23,25,28-29H,4,9-10,15-21H2,1-3H3. The predicted octanol–water partition coefficient (Wildman–Crippen LogP) is 6.62. The first-order valence-electron chi connectivity index (χ1n) is 16.1. The van der Waals surface area contributed by atoms with Gasteiger partial charge in [0, 0.05) is 18.0 Å². The summed E-state index contributed by atoms with van der Waals surface area (Å²) >= 11 is 0. The van der Waals surface area contributed by atoms with E-state index in [1.54, 1.807) is 6.92 Å². The summed E-state index contributed by atoms with van der Waals surface area (Å²) in [5.74, 6) is 0.808. The molecule has 6 rings (SSSR count). The first-order chi connectivity index (χ1) is 21.4. The van der Waals surface area contributed by atoms with Gasteiger partial charge in [-0.1, -0.05) is 68.3 Å². The summed E-state index contributed by atoms with van der Waals surface area (Å²) < 4.78 is 10.2. The first-order valence-corrected chi connectivity index (χ1v) is 16.1. The number of aromatic nitrogens is 4. The van der Waals surface area contributed by atoms with Crippen molar-refractivity contribution in [3.63, 3.8) is 0 Å². The highest BCUT2D eigenvalue weighted by molar-refractivity contribution is 5.84. The SMILES string of the molecule is CCCc1c(Cc2cccc(-c3ccccc3)c2C#N)c(=O)n(C2CCC(OC(C)C3(C(C)=O)CCC3)CC2)c2ncnn12. The second-order valence-electron chi connectivity index (χ2n) is 12.6. The summed E-state index contributed by atoms with van der Waals surface area (Å²) in [6, 6.07) is 18.2. The highest BCUT2D eigenvalue weighted by atomic mass is 16.5. The van der Waals surface area contributed by atoms with Crippen LogP contribution in [0.1, 0.15) is 101 Å². The van der Waals surface area contributed by atoms with E-state index < -0.39 is 0 Å². The maximum atomic E-state index is 14.5. The van der Waals surface area contributed by atoms with Gasteiger partial charge in [-0.05, 0) is 75.5 Å². The maximum absolute atomic E-state index is 14.5. The fourth-order valence-corrected chi connectivity index (χ4v) is 7.47. The van der Waals surface area contributed by atoms with Gasteiger partial charge < -0.3 is 4.74 Å². The molecular formula is C36H41N5O3. The fourth-order valence-electron chi connectivity index (χ4n) is 7.47. The van der Waals surface area contributed by atoms with Gasteiger partial charge in [0.1, 0.15) is 18.2 Å². The van der Waals surface area contributed by atoms with Crippen molar-refractivity contribution in [2.45, 2.75) is 103 Å². The molecule has 44 heavy (non-hydrogen) atoms. The Balaban J connectivity index is 1.32. The van der Waals surface area contributed by atoms with E-state index in [0.717, 1.165) is 73.8 Å². The van der Waals surface area contributed by atoms with E-state index in [2.05, 4.69) is 30.0 Å². The van der Waals surface area contributed by atoms with E-state index in [4.69, 9.17) is 4.74 Å². The number of ether oxygens (including phenoxy) is 1. The minimum Gasteiger partial charge on any atom is -0.374 e. The zero-order valence-corrected chi connectivity index (χ0v) is 26.0. The minimum absolute atomic E-state index is 0.0321. The molecule has 0 radical (unpaired) electrons. The van der Waals surface area contributed by atoms with Crippen molar-refractivity contribution in [1.29, 1.82) is 5.26 Å². The van der Waals surface area contributed by atoms with Gasteiger partial charge in [0.05, 0.1) is 28.9 Å². The monoisotopic (exact) mass is 591 g/mol. The number of fused-ring (bicyclic) bond motifs is 1. The third-order valence-electron chi connectivity index (χ3n) is 10.2. The molecule has 228 valence electrons. The molecule has 8 heteroatoms. The smallest absolute Gasteiger partial charge is 0.259 e. The molecule has 8 nitrogen and oxygen atoms in total. The molecular weight excluding hydrogens is 550 g/mol. The second kappa shape index (κ2) is 12.5. The molecule has 2 aliphatic rings. The quantitative estimate of drug-likeness (QED) is 0.205. The van der Waals surface area contributed by atoms with Crippen LogP contribution in [0.3, 0.4) is 0 Å². The number of hydrogen-bond donors (Lipinski definition) is 0. The van der Waals surface area contributed by atoms with E-state index in [-0.39, 0.29) is 35.0 Å². The van der Waals surface area contributed by atoms with E-state index in [0.29, 0.717) is 29.7 Å². The van der Waals surface area contributed by atoms with Crippen molar-refractivity contribution < 1.29 is 9.53 Å². The number of hydrogen-bond acceptors (Lipinski definition) is 6. The maximum Gasteiger partial charge on any atom is 0.259 e. The van der Waals surface area contributed by atoms with Gasteiger partial charge in [0.15, 0.2) is 0 Å². The highest BCUT2D eigenvalue weighted by Crippen LogP contribution is 2.47. The number of rotatable bonds is 10. The summed E-state index contributed by atoms with van der Waals surface area (Å²) in [5.41, 5.74) is 4.41. The molecule has 2 saturated carbocycles. The van der Waals surface area contributed by atoms with Crippen molar-refractivity contribution >= 4 is 11.6 Å². The second-order valence-corrected chi connectivity index (χ2v) is 12.6. The number of benzene rings is 2. The zero-order valence-electron chi connectivity index (χ0n) is 26.0. The molecule has 0 saturated heterocycles. The molecule has 2 heterocycles. The molecule has 0 amide bonds. The Morgan fingerprint density at radius 1 is 1.11 bits per heavy atom. The van der Waals surface area contributed by atoms with Gasteiger partial charge in [-0.25, -0.2) is 4.52 Å². The normalized spacial score (nSPS) is 20.1. The summed E-state index contributed by atoms with van der Waals surface area (Å²) in [4.78, 5) is 31.5. The molecule has 2 aromatic heterocycles. The number of aryl methyl sites for hydroxylation is 1. The lowest BCUT2D eigenvalue weighted by atomic mass is 9.63. The average Bonchev–Trinajstić information content (AvgIpc) is 3.48. The summed E-state index contributed by atoms with van der Waals surface area (Å²) in [7, 11) is 0. The van der Waals surface area contributed by atoms with Gasteiger partial charge >= 0.3 is 0 Å². The van der Waals surface area contributed by atoms with Gasteiger partial charge in [-0.3, -0.25) is 14.2 Å². The van der Waals surface area contributed by atoms with Crippen LogP contribution in [0.15, 0.2) is 59.7 Å². The first kappa shape index (κ1) is 30.0. The molecule has 1 unspecified atom stereocenters. The molecule has 2 fully saturated rings. The van der Waals surface area contributed by atoms with Crippen LogP contribution in [-0.4, -0.2) is 37.2 Å². The molecule has 0 bridgehead atoms. The van der Waals surface area contributed by atoms with E-state index in [9.17, 15) is 14.9 Å². The summed E-state index contributed by atoms with van der Waals surface area (Å²) in [6.45, 7) is 5.85. The minimum atomic E-state index is -0.328. The highest BCUT2D eigenvalue weighted by Gasteiger charge is 2.47. The number of carbonyl (C=O) groups is 1. The molecule has 0 aliphatic heterocycles. The Morgan fingerprint density at radius 3 is 2.50 bits per heavy atom. The van der Waals surface area contributed by atoms with Crippen molar-refractivity contribution in [2.24, 2.45) is 5.41 Å². The van der Waals surface area contributed by atoms with Gasteiger partial charge in [0.2, 0.25) is 5.78 Å². The van der Waals surface area contributed by atoms with Crippen molar-refractivity contribution in [3.8, 4) is 17.2 Å². The lowest BCUT2D eigenvalue weighted by Crippen LogP contribution is -2.48. The number of carbonyl (C=O) groups excluding carboxylic acids is 1. The Labute approximate surface area is 258 Å². The van der Waals surface area contributed by atoms with Crippen LogP contribution in [0, 0.1) is 16.7 Å². The van der Waals surface area contributed by atoms with Crippen molar-refractivity contribution in [3.05, 3.63) is 87.6 Å². The van der Waals surface area contributed by atoms with Crippen LogP contribution in [0.2, 0.25) is 0 Å². The Morgan fingerprint density at radius 2 is 1.86 bits per heavy atom. The molecule has 0 N–H and O–H groups in total. The summed E-state index contributed by atoms with van der Waals surface area (Å²) in [6.07, 6.45) is 9.49. The van der Waals surface area contributed by atoms with Crippen molar-refractivity contribution in [2.75, 3.05) is 0 Å². The number of nitrogens with zero attached hydrogens (tertiary/aromatic N) is 5. The molecule has 2 aliphatic carbocycles. The average molecular weight is 592 g/mol. The van der Waals surface area contributed by atoms with Crippen LogP contribution in [0.5, 0.6) is 0 Å². The summed E-state index contributed by atoms with van der Waals surface area (Å²) in [5, 5.41) is 14.9. The van der Waals surface area contributed by atoms with Crippen LogP contribution in [0.25, 0.3) is 16.9 Å². The van der Waals surface area contributed by atoms with E-state index >= 15 is 0 Å². The lowest BCUT2D eigenvalue weighted by Gasteiger charge is -2.45. The van der Waals surface area contributed by atoms with Crippen LogP contribution in [0.4, 0.5) is 0 Å². The lowest BCUT2D eigenvalue weighted by molar-refractivity contribution is -0.154. The zero-order chi connectivity index (χ0) is 30.8. The van der Waals surface area contributed by atoms with E-state index in [1.807, 2.05) is 57.6 Å². The Kier molecular flexibility index (Phi) is 8.50. The number of ketones is 1. The topological polar surface area (TPSA) is 102 Å². The molecule has 4 aromatic rings. The molecule has 2 aromatic carbocycles. The van der Waals surface area contributed by atoms with Gasteiger partial charge in [-0.15, -0.1) is 0 Å². The van der Waals surface area contributed by atoms with Crippen molar-refractivity contribution in [1.82, 2.24) is 19.2 Å². The predicted molar refractivity (Wildman–Crippen MR) is 169 cm³/mol. The van der Waals surface area contributed by atoms with Gasteiger partial charge in [-0.2, -0.15) is 15.3 Å². The number of Topliss-reactive ketones (excluding diaryl/α,β-unsaturated/α-hetero) is 1. The van der Waals surface area contributed by atoms with Crippen LogP contribution < -0.4 is 5.56 Å². The molecule has 1 atom stereocenters. The van der Waals surface area contributed by atoms with Crippen LogP contribution >= 0.6 is 0 Å². The third-order valence-corrected chi connectivity index (χ3v) is 10.2. The fraction of sp³-hybridized carbons (Fsp3) is 0.472. The van der Waals surface area contributed by atoms with E-state index in [1.165, 1.54) is 6.33 Å².